The van der Waals surface area contributed by atoms with Gasteiger partial charge in [-0.1, -0.05) is 12.1 Å². The van der Waals surface area contributed by atoms with E-state index in [0.29, 0.717) is 6.54 Å². The molecule has 0 spiro atoms. The standard InChI is InChI=1S/C10H15N3O/c1-3-13(11)10-7-5-4-6-9(10)12-8(2)14/h4-7H,3,11H2,1-2H3,(H,12,14). The van der Waals surface area contributed by atoms with Crippen LogP contribution in [0.1, 0.15) is 13.8 Å². The summed E-state index contributed by atoms with van der Waals surface area (Å²) in [6, 6.07) is 7.44. The van der Waals surface area contributed by atoms with E-state index in [-0.39, 0.29) is 5.91 Å². The number of para-hydroxylation sites is 2. The number of nitrogens with one attached hydrogen (secondary N) is 1. The highest BCUT2D eigenvalue weighted by molar-refractivity contribution is 5.92. The molecular weight excluding hydrogens is 178 g/mol. The Morgan fingerprint density at radius 2 is 2.14 bits per heavy atom. The summed E-state index contributed by atoms with van der Waals surface area (Å²) in [6.07, 6.45) is 0. The highest BCUT2D eigenvalue weighted by Gasteiger charge is 2.05. The number of anilines is 2. The van der Waals surface area contributed by atoms with E-state index in [1.807, 2.05) is 31.2 Å². The molecule has 0 aromatic heterocycles. The lowest BCUT2D eigenvalue weighted by molar-refractivity contribution is -0.114. The number of rotatable bonds is 3. The van der Waals surface area contributed by atoms with Crippen molar-refractivity contribution in [3.8, 4) is 0 Å². The fraction of sp³-hybridized carbons (Fsp3) is 0.300. The predicted molar refractivity (Wildman–Crippen MR) is 58.0 cm³/mol. The molecular formula is C10H15N3O. The zero-order chi connectivity index (χ0) is 10.6. The van der Waals surface area contributed by atoms with E-state index >= 15 is 0 Å². The lowest BCUT2D eigenvalue weighted by atomic mass is 10.2. The molecule has 0 fully saturated rings. The van der Waals surface area contributed by atoms with E-state index in [1.54, 1.807) is 5.01 Å². The smallest absolute Gasteiger partial charge is 0.221 e. The minimum absolute atomic E-state index is 0.0954. The monoisotopic (exact) mass is 193 g/mol. The van der Waals surface area contributed by atoms with Gasteiger partial charge in [-0.3, -0.25) is 4.79 Å². The molecule has 76 valence electrons. The molecule has 0 bridgehead atoms. The Bertz CT molecular complexity index is 325. The Balaban J connectivity index is 2.96. The number of carbonyl (C=O) groups is 1. The van der Waals surface area contributed by atoms with E-state index in [0.717, 1.165) is 11.4 Å². The Morgan fingerprint density at radius 3 is 2.71 bits per heavy atom. The zero-order valence-corrected chi connectivity index (χ0v) is 8.45. The zero-order valence-electron chi connectivity index (χ0n) is 8.45. The molecule has 1 amide bonds. The number of carbonyl (C=O) groups excluding carboxylic acids is 1. The Labute approximate surface area is 83.7 Å². The van der Waals surface area contributed by atoms with Crippen LogP contribution in [0.25, 0.3) is 0 Å². The second-order valence-corrected chi connectivity index (χ2v) is 2.98. The van der Waals surface area contributed by atoms with E-state index in [9.17, 15) is 4.79 Å². The molecule has 1 rings (SSSR count). The fourth-order valence-corrected chi connectivity index (χ4v) is 1.19. The topological polar surface area (TPSA) is 58.4 Å². The molecule has 0 atom stereocenters. The van der Waals surface area contributed by atoms with Crippen molar-refractivity contribution in [3.05, 3.63) is 24.3 Å². The molecule has 0 radical (unpaired) electrons. The number of amides is 1. The maximum absolute atomic E-state index is 10.9. The molecule has 0 heterocycles. The first-order valence-corrected chi connectivity index (χ1v) is 4.54. The number of benzene rings is 1. The van der Waals surface area contributed by atoms with Gasteiger partial charge >= 0.3 is 0 Å². The van der Waals surface area contributed by atoms with Crippen LogP contribution in [0.3, 0.4) is 0 Å². The third kappa shape index (κ3) is 2.47. The van der Waals surface area contributed by atoms with Crippen molar-refractivity contribution >= 4 is 17.3 Å². The van der Waals surface area contributed by atoms with Crippen molar-refractivity contribution < 1.29 is 4.79 Å². The van der Waals surface area contributed by atoms with Crippen LogP contribution in [0.2, 0.25) is 0 Å². The molecule has 0 saturated heterocycles. The molecule has 14 heavy (non-hydrogen) atoms. The average Bonchev–Trinajstić information content (AvgIpc) is 2.16. The van der Waals surface area contributed by atoms with Crippen LogP contribution in [0.15, 0.2) is 24.3 Å². The summed E-state index contributed by atoms with van der Waals surface area (Å²) in [5.74, 6) is 5.66. The predicted octanol–water partition coefficient (Wildman–Crippen LogP) is 1.34. The number of hydrazine groups is 1. The molecule has 0 aliphatic heterocycles. The van der Waals surface area contributed by atoms with Crippen molar-refractivity contribution in [3.63, 3.8) is 0 Å². The Hall–Kier alpha value is -1.55. The lowest BCUT2D eigenvalue weighted by Crippen LogP contribution is -2.31. The molecule has 4 heteroatoms. The molecule has 3 N–H and O–H groups in total. The molecule has 0 aliphatic rings. The summed E-state index contributed by atoms with van der Waals surface area (Å²) < 4.78 is 0. The summed E-state index contributed by atoms with van der Waals surface area (Å²) in [6.45, 7) is 4.12. The summed E-state index contributed by atoms with van der Waals surface area (Å²) in [7, 11) is 0. The number of nitrogens with two attached hydrogens (primary N) is 1. The second-order valence-electron chi connectivity index (χ2n) is 2.98. The highest BCUT2D eigenvalue weighted by atomic mass is 16.1. The first-order chi connectivity index (χ1) is 6.65. The third-order valence-corrected chi connectivity index (χ3v) is 1.86. The van der Waals surface area contributed by atoms with Gasteiger partial charge in [0.2, 0.25) is 5.91 Å². The quantitative estimate of drug-likeness (QED) is 0.562. The third-order valence-electron chi connectivity index (χ3n) is 1.86. The first kappa shape index (κ1) is 10.5. The second kappa shape index (κ2) is 4.62. The van der Waals surface area contributed by atoms with Gasteiger partial charge in [-0.15, -0.1) is 0 Å². The van der Waals surface area contributed by atoms with Gasteiger partial charge in [0.15, 0.2) is 0 Å². The summed E-state index contributed by atoms with van der Waals surface area (Å²) in [4.78, 5) is 10.9. The average molecular weight is 193 g/mol. The molecule has 0 saturated carbocycles. The van der Waals surface area contributed by atoms with E-state index in [4.69, 9.17) is 5.84 Å². The number of nitrogens with zero attached hydrogens (tertiary/aromatic N) is 1. The van der Waals surface area contributed by atoms with Gasteiger partial charge in [0.25, 0.3) is 0 Å². The fourth-order valence-electron chi connectivity index (χ4n) is 1.19. The van der Waals surface area contributed by atoms with Crippen LogP contribution >= 0.6 is 0 Å². The summed E-state index contributed by atoms with van der Waals surface area (Å²) >= 11 is 0. The minimum atomic E-state index is -0.0954. The van der Waals surface area contributed by atoms with Gasteiger partial charge in [0, 0.05) is 13.5 Å². The van der Waals surface area contributed by atoms with Crippen molar-refractivity contribution in [1.29, 1.82) is 0 Å². The number of hydrogen-bond donors (Lipinski definition) is 2. The van der Waals surface area contributed by atoms with Crippen LogP contribution in [-0.2, 0) is 4.79 Å². The number of hydrogen-bond acceptors (Lipinski definition) is 3. The first-order valence-electron chi connectivity index (χ1n) is 4.54. The molecule has 0 aliphatic carbocycles. The van der Waals surface area contributed by atoms with Crippen LogP contribution in [-0.4, -0.2) is 12.5 Å². The van der Waals surface area contributed by atoms with Crippen LogP contribution < -0.4 is 16.2 Å². The van der Waals surface area contributed by atoms with Gasteiger partial charge in [0.1, 0.15) is 0 Å². The van der Waals surface area contributed by atoms with Gasteiger partial charge in [0.05, 0.1) is 11.4 Å². The van der Waals surface area contributed by atoms with Crippen LogP contribution in [0.4, 0.5) is 11.4 Å². The molecule has 4 nitrogen and oxygen atoms in total. The van der Waals surface area contributed by atoms with Gasteiger partial charge in [-0.05, 0) is 19.1 Å². The van der Waals surface area contributed by atoms with Crippen LogP contribution in [0, 0.1) is 0 Å². The van der Waals surface area contributed by atoms with Crippen molar-refractivity contribution in [2.24, 2.45) is 5.84 Å². The van der Waals surface area contributed by atoms with E-state index in [2.05, 4.69) is 5.32 Å². The van der Waals surface area contributed by atoms with Gasteiger partial charge in [-0.2, -0.15) is 0 Å². The molecule has 0 unspecified atom stereocenters. The lowest BCUT2D eigenvalue weighted by Gasteiger charge is -2.19. The van der Waals surface area contributed by atoms with E-state index < -0.39 is 0 Å². The molecule has 1 aromatic rings. The maximum Gasteiger partial charge on any atom is 0.221 e. The molecule has 1 aromatic carbocycles. The highest BCUT2D eigenvalue weighted by Crippen LogP contribution is 2.22. The maximum atomic E-state index is 10.9. The minimum Gasteiger partial charge on any atom is -0.324 e. The van der Waals surface area contributed by atoms with Crippen molar-refractivity contribution in [1.82, 2.24) is 0 Å². The normalized spacial score (nSPS) is 9.64. The Morgan fingerprint density at radius 1 is 1.50 bits per heavy atom. The van der Waals surface area contributed by atoms with Crippen LogP contribution in [0.5, 0.6) is 0 Å². The van der Waals surface area contributed by atoms with Gasteiger partial charge < -0.3 is 10.3 Å². The van der Waals surface area contributed by atoms with E-state index in [1.165, 1.54) is 6.92 Å². The summed E-state index contributed by atoms with van der Waals surface area (Å²) in [5.41, 5.74) is 1.56. The van der Waals surface area contributed by atoms with Crippen molar-refractivity contribution in [2.45, 2.75) is 13.8 Å². The Kier molecular flexibility index (Phi) is 3.48. The van der Waals surface area contributed by atoms with Crippen molar-refractivity contribution in [2.75, 3.05) is 16.9 Å². The van der Waals surface area contributed by atoms with Gasteiger partial charge in [-0.25, -0.2) is 5.84 Å². The SMILES string of the molecule is CCN(N)c1ccccc1NC(C)=O. The largest absolute Gasteiger partial charge is 0.324 e. The summed E-state index contributed by atoms with van der Waals surface area (Å²) in [5, 5.41) is 4.32.